The van der Waals surface area contributed by atoms with Gasteiger partial charge in [0.2, 0.25) is 5.56 Å². The molecule has 1 amide bonds. The Bertz CT molecular complexity index is 968. The first-order valence-electron chi connectivity index (χ1n) is 10.4. The Kier molecular flexibility index (Phi) is 4.46. The van der Waals surface area contributed by atoms with E-state index in [1.54, 1.807) is 6.07 Å². The predicted molar refractivity (Wildman–Crippen MR) is 106 cm³/mol. The second kappa shape index (κ2) is 6.99. The van der Waals surface area contributed by atoms with E-state index in [0.29, 0.717) is 28.4 Å². The maximum absolute atomic E-state index is 13.6. The number of carbonyl (C=O) groups excluding carboxylic acids is 1. The van der Waals surface area contributed by atoms with Gasteiger partial charge in [-0.25, -0.2) is 4.39 Å². The number of aromatic nitrogens is 1. The molecule has 6 rings (SSSR count). The lowest BCUT2D eigenvalue weighted by atomic mass is 9.83. The summed E-state index contributed by atoms with van der Waals surface area (Å²) in [5.74, 6) is 0.792. The van der Waals surface area contributed by atoms with Crippen LogP contribution in [0.5, 0.6) is 0 Å². The standard InChI is InChI=1S/C22H26FN3O2/c23-16-5-7-18-19(9-21(27)24-20(18)8-16)22(28)26-12-15-4-6-17(13-26)25(11-15)10-14-2-1-3-14/h5,7-9,14-15,17H,1-4,6,10-13H2,(H,24,27)/t15-,17-/m1/s1. The first kappa shape index (κ1) is 17.9. The summed E-state index contributed by atoms with van der Waals surface area (Å²) in [5.41, 5.74) is 0.386. The number of carbonyl (C=O) groups is 1. The molecule has 4 aliphatic rings. The van der Waals surface area contributed by atoms with Crippen LogP contribution in [0.3, 0.4) is 0 Å². The van der Waals surface area contributed by atoms with Crippen LogP contribution in [-0.4, -0.2) is 52.9 Å². The van der Waals surface area contributed by atoms with Gasteiger partial charge in [-0.05, 0) is 55.7 Å². The fourth-order valence-electron chi connectivity index (χ4n) is 5.16. The topological polar surface area (TPSA) is 56.4 Å². The van der Waals surface area contributed by atoms with Crippen molar-refractivity contribution in [2.75, 3.05) is 26.2 Å². The zero-order valence-electron chi connectivity index (χ0n) is 16.0. The van der Waals surface area contributed by atoms with Crippen LogP contribution >= 0.6 is 0 Å². The van der Waals surface area contributed by atoms with Crippen molar-refractivity contribution in [3.8, 4) is 0 Å². The molecule has 4 heterocycles. The number of aromatic amines is 1. The molecule has 4 fully saturated rings. The van der Waals surface area contributed by atoms with Gasteiger partial charge in [0, 0.05) is 43.7 Å². The minimum absolute atomic E-state index is 0.106. The lowest BCUT2D eigenvalue weighted by molar-refractivity contribution is 0.0718. The molecule has 1 saturated carbocycles. The molecule has 5 nitrogen and oxygen atoms in total. The molecular formula is C22H26FN3O2. The van der Waals surface area contributed by atoms with Gasteiger partial charge in [-0.3, -0.25) is 14.5 Å². The molecule has 2 atom stereocenters. The quantitative estimate of drug-likeness (QED) is 0.887. The van der Waals surface area contributed by atoms with Gasteiger partial charge in [0.1, 0.15) is 5.82 Å². The average Bonchev–Trinajstić information content (AvgIpc) is 2.95. The van der Waals surface area contributed by atoms with Crippen LogP contribution in [0.4, 0.5) is 4.39 Å². The minimum Gasteiger partial charge on any atom is -0.337 e. The van der Waals surface area contributed by atoms with E-state index in [0.717, 1.165) is 44.9 Å². The molecule has 0 unspecified atom stereocenters. The number of rotatable bonds is 3. The Morgan fingerprint density at radius 1 is 1.11 bits per heavy atom. The monoisotopic (exact) mass is 383 g/mol. The van der Waals surface area contributed by atoms with Crippen molar-refractivity contribution in [1.29, 1.82) is 0 Å². The summed E-state index contributed by atoms with van der Waals surface area (Å²) in [4.78, 5) is 32.6. The number of amides is 1. The molecule has 0 spiro atoms. The van der Waals surface area contributed by atoms with E-state index in [1.165, 1.54) is 37.5 Å². The van der Waals surface area contributed by atoms with E-state index in [-0.39, 0.29) is 11.5 Å². The molecule has 1 aliphatic carbocycles. The predicted octanol–water partition coefficient (Wildman–Crippen LogP) is 3.00. The second-order valence-electron chi connectivity index (χ2n) is 8.80. The molecule has 6 heteroatoms. The fourth-order valence-corrected chi connectivity index (χ4v) is 5.16. The second-order valence-corrected chi connectivity index (χ2v) is 8.80. The largest absolute Gasteiger partial charge is 0.337 e. The molecule has 148 valence electrons. The third-order valence-electron chi connectivity index (χ3n) is 6.87. The maximum atomic E-state index is 13.6. The third kappa shape index (κ3) is 3.24. The van der Waals surface area contributed by atoms with Gasteiger partial charge in [0.05, 0.1) is 11.1 Å². The molecule has 2 aromatic rings. The fraction of sp³-hybridized carbons (Fsp3) is 0.545. The number of halogens is 1. The van der Waals surface area contributed by atoms with Crippen LogP contribution in [0.2, 0.25) is 0 Å². The van der Waals surface area contributed by atoms with Crippen LogP contribution in [0.25, 0.3) is 10.9 Å². The van der Waals surface area contributed by atoms with Gasteiger partial charge in [-0.15, -0.1) is 0 Å². The summed E-state index contributed by atoms with van der Waals surface area (Å²) in [6.45, 7) is 3.70. The molecule has 1 aromatic heterocycles. The van der Waals surface area contributed by atoms with Crippen LogP contribution in [0.1, 0.15) is 42.5 Å². The van der Waals surface area contributed by atoms with Crippen molar-refractivity contribution < 1.29 is 9.18 Å². The number of pyridine rings is 1. The lowest BCUT2D eigenvalue weighted by Crippen LogP contribution is -2.47. The molecule has 2 bridgehead atoms. The highest BCUT2D eigenvalue weighted by atomic mass is 19.1. The number of benzene rings is 1. The van der Waals surface area contributed by atoms with Crippen LogP contribution in [0.15, 0.2) is 29.1 Å². The van der Waals surface area contributed by atoms with E-state index in [9.17, 15) is 14.0 Å². The Labute approximate surface area is 163 Å². The SMILES string of the molecule is O=C(c1cc(=O)[nH]c2cc(F)ccc12)N1C[C@@H]2CC[C@H](C1)N(CC1CCC1)C2. The first-order chi connectivity index (χ1) is 13.6. The van der Waals surface area contributed by atoms with Crippen molar-refractivity contribution in [2.45, 2.75) is 38.1 Å². The molecule has 3 saturated heterocycles. The van der Waals surface area contributed by atoms with Gasteiger partial charge < -0.3 is 9.88 Å². The first-order valence-corrected chi connectivity index (χ1v) is 10.4. The van der Waals surface area contributed by atoms with Crippen molar-refractivity contribution in [3.63, 3.8) is 0 Å². The van der Waals surface area contributed by atoms with Crippen molar-refractivity contribution in [2.24, 2.45) is 11.8 Å². The lowest BCUT2D eigenvalue weighted by Gasteiger charge is -2.40. The Morgan fingerprint density at radius 2 is 1.96 bits per heavy atom. The van der Waals surface area contributed by atoms with Gasteiger partial charge in [0.15, 0.2) is 0 Å². The molecular weight excluding hydrogens is 357 g/mol. The Balaban J connectivity index is 1.43. The van der Waals surface area contributed by atoms with Gasteiger partial charge >= 0.3 is 0 Å². The number of nitrogens with zero attached hydrogens (tertiary/aromatic N) is 2. The Morgan fingerprint density at radius 3 is 2.75 bits per heavy atom. The van der Waals surface area contributed by atoms with Crippen LogP contribution < -0.4 is 5.56 Å². The van der Waals surface area contributed by atoms with E-state index in [2.05, 4.69) is 9.88 Å². The summed E-state index contributed by atoms with van der Waals surface area (Å²) in [6.07, 6.45) is 6.34. The van der Waals surface area contributed by atoms with Crippen LogP contribution in [-0.2, 0) is 0 Å². The number of fused-ring (bicyclic) bond motifs is 5. The van der Waals surface area contributed by atoms with E-state index in [4.69, 9.17) is 0 Å². The minimum atomic E-state index is -0.424. The third-order valence-corrected chi connectivity index (χ3v) is 6.87. The number of piperidine rings is 1. The number of H-pyrrole nitrogens is 1. The summed E-state index contributed by atoms with van der Waals surface area (Å²) >= 11 is 0. The molecule has 1 aromatic carbocycles. The number of hydrogen-bond acceptors (Lipinski definition) is 3. The van der Waals surface area contributed by atoms with Gasteiger partial charge in [0.25, 0.3) is 5.91 Å². The highest BCUT2D eigenvalue weighted by molar-refractivity contribution is 6.06. The zero-order chi connectivity index (χ0) is 19.3. The summed E-state index contributed by atoms with van der Waals surface area (Å²) in [7, 11) is 0. The van der Waals surface area contributed by atoms with Crippen molar-refractivity contribution in [1.82, 2.24) is 14.8 Å². The van der Waals surface area contributed by atoms with Crippen LogP contribution in [0, 0.1) is 17.7 Å². The summed E-state index contributed by atoms with van der Waals surface area (Å²) in [6, 6.07) is 5.98. The summed E-state index contributed by atoms with van der Waals surface area (Å²) < 4.78 is 13.6. The number of hydrogen-bond donors (Lipinski definition) is 1. The normalized spacial score (nSPS) is 25.7. The Hall–Kier alpha value is -2.21. The molecule has 0 radical (unpaired) electrons. The smallest absolute Gasteiger partial charge is 0.254 e. The maximum Gasteiger partial charge on any atom is 0.254 e. The summed E-state index contributed by atoms with van der Waals surface area (Å²) in [5, 5.41) is 0.605. The average molecular weight is 383 g/mol. The molecule has 3 aliphatic heterocycles. The van der Waals surface area contributed by atoms with E-state index in [1.807, 2.05) is 4.90 Å². The zero-order valence-corrected chi connectivity index (χ0v) is 16.0. The van der Waals surface area contributed by atoms with Gasteiger partial charge in [-0.2, -0.15) is 0 Å². The van der Waals surface area contributed by atoms with Gasteiger partial charge in [-0.1, -0.05) is 6.42 Å². The van der Waals surface area contributed by atoms with Crippen molar-refractivity contribution in [3.05, 3.63) is 46.0 Å². The molecule has 28 heavy (non-hydrogen) atoms. The van der Waals surface area contributed by atoms with Crippen molar-refractivity contribution >= 4 is 16.8 Å². The highest BCUT2D eigenvalue weighted by Crippen LogP contribution is 2.33. The van der Waals surface area contributed by atoms with E-state index < -0.39 is 5.82 Å². The van der Waals surface area contributed by atoms with E-state index >= 15 is 0 Å². The number of nitrogens with one attached hydrogen (secondary N) is 1. The highest BCUT2D eigenvalue weighted by Gasteiger charge is 2.38. The molecule has 1 N–H and O–H groups in total.